The van der Waals surface area contributed by atoms with Gasteiger partial charge in [-0.05, 0) is 40.7 Å². The van der Waals surface area contributed by atoms with E-state index in [4.69, 9.17) is 0 Å². The fraction of sp³-hybridized carbons (Fsp3) is 0.667. The van der Waals surface area contributed by atoms with E-state index in [0.717, 1.165) is 26.7 Å². The number of hydrogen-bond acceptors (Lipinski definition) is 4. The van der Waals surface area contributed by atoms with Crippen molar-refractivity contribution in [1.82, 2.24) is 9.97 Å². The van der Waals surface area contributed by atoms with Gasteiger partial charge in [0.25, 0.3) is 0 Å². The normalized spacial score (nSPS) is 10.9. The zero-order valence-electron chi connectivity index (χ0n) is 10.9. The average molecular weight is 365 g/mol. The van der Waals surface area contributed by atoms with Gasteiger partial charge >= 0.3 is 0 Å². The van der Waals surface area contributed by atoms with Gasteiger partial charge in [-0.15, -0.1) is 0 Å². The minimum atomic E-state index is 0.437. The van der Waals surface area contributed by atoms with Crippen molar-refractivity contribution in [2.24, 2.45) is 0 Å². The molecule has 0 unspecified atom stereocenters. The van der Waals surface area contributed by atoms with Crippen molar-refractivity contribution in [3.8, 4) is 0 Å². The van der Waals surface area contributed by atoms with Crippen LogP contribution >= 0.6 is 34.4 Å². The molecule has 5 heteroatoms. The Labute approximate surface area is 122 Å². The van der Waals surface area contributed by atoms with Gasteiger partial charge in [0.05, 0.1) is 15.0 Å². The van der Waals surface area contributed by atoms with Crippen LogP contribution in [-0.2, 0) is 5.75 Å². The minimum absolute atomic E-state index is 0.437. The second kappa shape index (κ2) is 7.41. The third-order valence-electron chi connectivity index (χ3n) is 2.29. The van der Waals surface area contributed by atoms with Crippen LogP contribution < -0.4 is 5.32 Å². The molecule has 0 aliphatic rings. The second-order valence-electron chi connectivity index (χ2n) is 4.14. The lowest BCUT2D eigenvalue weighted by molar-refractivity contribution is 0.792. The highest BCUT2D eigenvalue weighted by atomic mass is 127. The molecular formula is C12H20IN3S. The molecule has 0 fully saturated rings. The van der Waals surface area contributed by atoms with Gasteiger partial charge in [-0.25, -0.2) is 9.97 Å². The van der Waals surface area contributed by atoms with Crippen molar-refractivity contribution in [2.45, 2.75) is 38.9 Å². The van der Waals surface area contributed by atoms with Crippen LogP contribution in [0, 0.1) is 3.57 Å². The summed E-state index contributed by atoms with van der Waals surface area (Å²) in [7, 11) is 1.91. The van der Waals surface area contributed by atoms with Gasteiger partial charge in [-0.1, -0.05) is 20.8 Å². The zero-order chi connectivity index (χ0) is 12.8. The predicted molar refractivity (Wildman–Crippen MR) is 84.8 cm³/mol. The molecule has 0 saturated carbocycles. The molecule has 0 radical (unpaired) electrons. The fourth-order valence-corrected chi connectivity index (χ4v) is 3.31. The Bertz CT molecular complexity index is 369. The van der Waals surface area contributed by atoms with Crippen LogP contribution in [0.25, 0.3) is 0 Å². The predicted octanol–water partition coefficient (Wildman–Crippen LogP) is 3.89. The van der Waals surface area contributed by atoms with Crippen LogP contribution in [-0.4, -0.2) is 22.8 Å². The van der Waals surface area contributed by atoms with Crippen molar-refractivity contribution >= 4 is 40.2 Å². The maximum Gasteiger partial charge on any atom is 0.143 e. The number of aromatic nitrogens is 2. The molecule has 1 rings (SSSR count). The van der Waals surface area contributed by atoms with E-state index in [0.29, 0.717) is 5.92 Å². The van der Waals surface area contributed by atoms with Crippen molar-refractivity contribution in [3.05, 3.63) is 15.1 Å². The van der Waals surface area contributed by atoms with E-state index >= 15 is 0 Å². The standard InChI is InChI=1S/C12H20IN3S/c1-5-6-17-7-9-15-11(8(2)3)10(13)12(14-4)16-9/h8H,5-7H2,1-4H3,(H,14,15,16). The molecule has 1 aromatic heterocycles. The van der Waals surface area contributed by atoms with Crippen LogP contribution in [0.15, 0.2) is 0 Å². The summed E-state index contributed by atoms with van der Waals surface area (Å²) >= 11 is 4.22. The molecular weight excluding hydrogens is 345 g/mol. The van der Waals surface area contributed by atoms with E-state index < -0.39 is 0 Å². The number of hydrogen-bond donors (Lipinski definition) is 1. The van der Waals surface area contributed by atoms with Gasteiger partial charge in [-0.2, -0.15) is 11.8 Å². The first kappa shape index (κ1) is 15.0. The first-order valence-corrected chi connectivity index (χ1v) is 8.15. The molecule has 0 saturated heterocycles. The quantitative estimate of drug-likeness (QED) is 0.613. The third kappa shape index (κ3) is 4.28. The first-order valence-electron chi connectivity index (χ1n) is 5.91. The smallest absolute Gasteiger partial charge is 0.143 e. The van der Waals surface area contributed by atoms with Gasteiger partial charge in [-0.3, -0.25) is 0 Å². The lowest BCUT2D eigenvalue weighted by Gasteiger charge is -2.13. The lowest BCUT2D eigenvalue weighted by atomic mass is 10.1. The summed E-state index contributed by atoms with van der Waals surface area (Å²) in [6.45, 7) is 6.54. The van der Waals surface area contributed by atoms with E-state index in [1.54, 1.807) is 0 Å². The Kier molecular flexibility index (Phi) is 6.54. The van der Waals surface area contributed by atoms with Gasteiger partial charge in [0.1, 0.15) is 11.6 Å². The number of thioether (sulfide) groups is 1. The third-order valence-corrected chi connectivity index (χ3v) is 4.51. The number of anilines is 1. The minimum Gasteiger partial charge on any atom is -0.372 e. The van der Waals surface area contributed by atoms with E-state index in [1.165, 1.54) is 12.2 Å². The van der Waals surface area contributed by atoms with Gasteiger partial charge < -0.3 is 5.32 Å². The molecule has 0 atom stereocenters. The average Bonchev–Trinajstić information content (AvgIpc) is 2.30. The summed E-state index contributed by atoms with van der Waals surface area (Å²) in [5, 5.41) is 3.15. The Morgan fingerprint density at radius 2 is 2.06 bits per heavy atom. The van der Waals surface area contributed by atoms with Crippen LogP contribution in [0.4, 0.5) is 5.82 Å². The summed E-state index contributed by atoms with van der Waals surface area (Å²) in [5.41, 5.74) is 1.15. The Morgan fingerprint density at radius 3 is 2.59 bits per heavy atom. The van der Waals surface area contributed by atoms with Crippen molar-refractivity contribution in [2.75, 3.05) is 18.1 Å². The molecule has 1 heterocycles. The largest absolute Gasteiger partial charge is 0.372 e. The summed E-state index contributed by atoms with van der Waals surface area (Å²) in [6.07, 6.45) is 1.20. The SMILES string of the molecule is CCCSCc1nc(NC)c(I)c(C(C)C)n1. The van der Waals surface area contributed by atoms with Gasteiger partial charge in [0, 0.05) is 7.05 Å². The Morgan fingerprint density at radius 1 is 1.35 bits per heavy atom. The molecule has 17 heavy (non-hydrogen) atoms. The number of rotatable bonds is 6. The van der Waals surface area contributed by atoms with Crippen molar-refractivity contribution in [3.63, 3.8) is 0 Å². The van der Waals surface area contributed by atoms with E-state index in [9.17, 15) is 0 Å². The molecule has 0 aliphatic heterocycles. The molecule has 0 bridgehead atoms. The summed E-state index contributed by atoms with van der Waals surface area (Å²) in [5.74, 6) is 4.40. The van der Waals surface area contributed by atoms with Crippen LogP contribution in [0.1, 0.15) is 44.6 Å². The lowest BCUT2D eigenvalue weighted by Crippen LogP contribution is -2.08. The van der Waals surface area contributed by atoms with Gasteiger partial charge in [0.2, 0.25) is 0 Å². The van der Waals surface area contributed by atoms with Crippen LogP contribution in [0.2, 0.25) is 0 Å². The molecule has 1 aromatic rings. The molecule has 96 valence electrons. The zero-order valence-corrected chi connectivity index (χ0v) is 13.9. The highest BCUT2D eigenvalue weighted by Gasteiger charge is 2.13. The second-order valence-corrected chi connectivity index (χ2v) is 6.33. The van der Waals surface area contributed by atoms with E-state index in [-0.39, 0.29) is 0 Å². The van der Waals surface area contributed by atoms with E-state index in [2.05, 4.69) is 58.6 Å². The van der Waals surface area contributed by atoms with Crippen molar-refractivity contribution in [1.29, 1.82) is 0 Å². The molecule has 3 nitrogen and oxygen atoms in total. The van der Waals surface area contributed by atoms with Gasteiger partial charge in [0.15, 0.2) is 0 Å². The van der Waals surface area contributed by atoms with Crippen molar-refractivity contribution < 1.29 is 0 Å². The topological polar surface area (TPSA) is 37.8 Å². The monoisotopic (exact) mass is 365 g/mol. The fourth-order valence-electron chi connectivity index (χ4n) is 1.43. The van der Waals surface area contributed by atoms with Crippen LogP contribution in [0.5, 0.6) is 0 Å². The number of nitrogens with one attached hydrogen (secondary N) is 1. The Hall–Kier alpha value is -0.0400. The summed E-state index contributed by atoms with van der Waals surface area (Å²) < 4.78 is 1.14. The maximum absolute atomic E-state index is 4.67. The first-order chi connectivity index (χ1) is 8.10. The summed E-state index contributed by atoms with van der Waals surface area (Å²) in [6, 6.07) is 0. The number of nitrogens with zero attached hydrogens (tertiary/aromatic N) is 2. The molecule has 0 amide bonds. The number of halogens is 1. The molecule has 0 aliphatic carbocycles. The highest BCUT2D eigenvalue weighted by Crippen LogP contribution is 2.25. The van der Waals surface area contributed by atoms with Crippen LogP contribution in [0.3, 0.4) is 0 Å². The molecule has 0 spiro atoms. The molecule has 1 N–H and O–H groups in total. The Balaban J connectivity index is 2.94. The summed E-state index contributed by atoms with van der Waals surface area (Å²) in [4.78, 5) is 9.23. The highest BCUT2D eigenvalue weighted by molar-refractivity contribution is 14.1. The molecule has 0 aromatic carbocycles. The van der Waals surface area contributed by atoms with E-state index in [1.807, 2.05) is 18.8 Å². The maximum atomic E-state index is 4.67.